The second-order valence-electron chi connectivity index (χ2n) is 4.10. The molecule has 0 saturated carbocycles. The van der Waals surface area contributed by atoms with Crippen LogP contribution in [0.2, 0.25) is 0 Å². The van der Waals surface area contributed by atoms with Crippen LogP contribution in [0.4, 0.5) is 10.2 Å². The highest BCUT2D eigenvalue weighted by Gasteiger charge is 2.09. The Hall–Kier alpha value is -2.01. The molecular weight excluding hydrogens is 261 g/mol. The number of anilines is 1. The fourth-order valence-electron chi connectivity index (χ4n) is 1.93. The molecule has 2 heterocycles. The summed E-state index contributed by atoms with van der Waals surface area (Å²) in [6.45, 7) is 2.76. The molecule has 0 aliphatic rings. The summed E-state index contributed by atoms with van der Waals surface area (Å²) in [6.07, 6.45) is 0. The van der Waals surface area contributed by atoms with Gasteiger partial charge < -0.3 is 5.32 Å². The molecule has 0 aliphatic heterocycles. The van der Waals surface area contributed by atoms with Gasteiger partial charge in [0.05, 0.1) is 5.52 Å². The summed E-state index contributed by atoms with van der Waals surface area (Å²) >= 11 is 1.59. The number of thiophene rings is 1. The van der Waals surface area contributed by atoms with E-state index in [1.165, 1.54) is 12.1 Å². The quantitative estimate of drug-likeness (QED) is 0.785. The molecule has 5 heteroatoms. The average Bonchev–Trinajstić information content (AvgIpc) is 2.92. The van der Waals surface area contributed by atoms with Crippen molar-refractivity contribution in [3.05, 3.63) is 40.8 Å². The molecule has 0 atom stereocenters. The number of hydrogen-bond acceptors (Lipinski definition) is 4. The molecular formula is C14H12FN3S. The van der Waals surface area contributed by atoms with E-state index in [-0.39, 0.29) is 5.82 Å². The standard InChI is InChI=1S/C14H12FN3S/c1-2-16-14-11-4-3-10(15)7-12(11)17-13(18-14)9-5-6-19-8-9/h3-8H,2H2,1H3,(H,16,17,18). The molecule has 0 radical (unpaired) electrons. The third kappa shape index (κ3) is 2.29. The molecule has 0 spiro atoms. The molecule has 96 valence electrons. The van der Waals surface area contributed by atoms with Crippen LogP contribution in [0.1, 0.15) is 6.92 Å². The van der Waals surface area contributed by atoms with Crippen molar-refractivity contribution < 1.29 is 4.39 Å². The summed E-state index contributed by atoms with van der Waals surface area (Å²) < 4.78 is 13.3. The minimum Gasteiger partial charge on any atom is -0.370 e. The van der Waals surface area contributed by atoms with E-state index in [4.69, 9.17) is 0 Å². The fraction of sp³-hybridized carbons (Fsp3) is 0.143. The Labute approximate surface area is 114 Å². The maximum Gasteiger partial charge on any atom is 0.162 e. The SMILES string of the molecule is CCNc1nc(-c2ccsc2)nc2cc(F)ccc12. The third-order valence-electron chi connectivity index (χ3n) is 2.78. The first-order chi connectivity index (χ1) is 9.28. The third-order valence-corrected chi connectivity index (χ3v) is 3.47. The first-order valence-electron chi connectivity index (χ1n) is 6.01. The van der Waals surface area contributed by atoms with Gasteiger partial charge in [-0.3, -0.25) is 0 Å². The normalized spacial score (nSPS) is 10.8. The summed E-state index contributed by atoms with van der Waals surface area (Å²) in [5.74, 6) is 1.08. The summed E-state index contributed by atoms with van der Waals surface area (Å²) in [4.78, 5) is 8.96. The lowest BCUT2D eigenvalue weighted by Crippen LogP contribution is -2.02. The summed E-state index contributed by atoms with van der Waals surface area (Å²) in [5.41, 5.74) is 1.57. The monoisotopic (exact) mass is 273 g/mol. The van der Waals surface area contributed by atoms with Gasteiger partial charge in [0.2, 0.25) is 0 Å². The molecule has 3 nitrogen and oxygen atoms in total. The Bertz CT molecular complexity index is 710. The molecule has 0 amide bonds. The first kappa shape index (κ1) is 12.0. The zero-order chi connectivity index (χ0) is 13.2. The van der Waals surface area contributed by atoms with Gasteiger partial charge in [0.1, 0.15) is 11.6 Å². The van der Waals surface area contributed by atoms with E-state index >= 15 is 0 Å². The number of nitrogens with zero attached hydrogens (tertiary/aromatic N) is 2. The van der Waals surface area contributed by atoms with Crippen molar-refractivity contribution in [3.63, 3.8) is 0 Å². The minimum absolute atomic E-state index is 0.287. The lowest BCUT2D eigenvalue weighted by atomic mass is 10.2. The highest BCUT2D eigenvalue weighted by atomic mass is 32.1. The van der Waals surface area contributed by atoms with Gasteiger partial charge in [-0.1, -0.05) is 0 Å². The highest BCUT2D eigenvalue weighted by Crippen LogP contribution is 2.26. The zero-order valence-corrected chi connectivity index (χ0v) is 11.2. The van der Waals surface area contributed by atoms with Crippen LogP contribution in [-0.2, 0) is 0 Å². The smallest absolute Gasteiger partial charge is 0.162 e. The van der Waals surface area contributed by atoms with Crippen LogP contribution < -0.4 is 5.32 Å². The van der Waals surface area contributed by atoms with Gasteiger partial charge in [0.15, 0.2) is 5.82 Å². The van der Waals surface area contributed by atoms with Gasteiger partial charge in [-0.15, -0.1) is 0 Å². The number of nitrogens with one attached hydrogen (secondary N) is 1. The Kier molecular flexibility index (Phi) is 3.13. The Morgan fingerprint density at radius 3 is 2.89 bits per heavy atom. The molecule has 0 fully saturated rings. The Morgan fingerprint density at radius 2 is 2.16 bits per heavy atom. The maximum absolute atomic E-state index is 13.3. The van der Waals surface area contributed by atoms with Crippen molar-refractivity contribution in [3.8, 4) is 11.4 Å². The summed E-state index contributed by atoms with van der Waals surface area (Å²) in [5, 5.41) is 7.99. The van der Waals surface area contributed by atoms with Crippen molar-refractivity contribution in [2.75, 3.05) is 11.9 Å². The van der Waals surface area contributed by atoms with E-state index in [2.05, 4.69) is 15.3 Å². The molecule has 19 heavy (non-hydrogen) atoms. The number of halogens is 1. The van der Waals surface area contributed by atoms with E-state index in [0.29, 0.717) is 11.3 Å². The van der Waals surface area contributed by atoms with Crippen LogP contribution in [0, 0.1) is 5.82 Å². The molecule has 0 aliphatic carbocycles. The zero-order valence-electron chi connectivity index (χ0n) is 10.4. The van der Waals surface area contributed by atoms with Crippen LogP contribution >= 0.6 is 11.3 Å². The number of rotatable bonds is 3. The summed E-state index contributed by atoms with van der Waals surface area (Å²) in [7, 11) is 0. The maximum atomic E-state index is 13.3. The second-order valence-corrected chi connectivity index (χ2v) is 4.88. The average molecular weight is 273 g/mol. The first-order valence-corrected chi connectivity index (χ1v) is 6.96. The largest absolute Gasteiger partial charge is 0.370 e. The van der Waals surface area contributed by atoms with Gasteiger partial charge in [0.25, 0.3) is 0 Å². The van der Waals surface area contributed by atoms with E-state index in [1.807, 2.05) is 23.8 Å². The number of benzene rings is 1. The molecule has 1 aromatic carbocycles. The molecule has 3 aromatic rings. The van der Waals surface area contributed by atoms with E-state index in [1.54, 1.807) is 17.4 Å². The van der Waals surface area contributed by atoms with Crippen LogP contribution in [-0.4, -0.2) is 16.5 Å². The lowest BCUT2D eigenvalue weighted by Gasteiger charge is -2.08. The predicted octanol–water partition coefficient (Wildman–Crippen LogP) is 3.93. The minimum atomic E-state index is -0.287. The van der Waals surface area contributed by atoms with Crippen molar-refractivity contribution in [1.82, 2.24) is 9.97 Å². The van der Waals surface area contributed by atoms with Crippen molar-refractivity contribution >= 4 is 28.1 Å². The van der Waals surface area contributed by atoms with Gasteiger partial charge in [-0.05, 0) is 30.5 Å². The molecule has 3 rings (SSSR count). The molecule has 0 saturated heterocycles. The molecule has 0 unspecified atom stereocenters. The van der Waals surface area contributed by atoms with Crippen molar-refractivity contribution in [1.29, 1.82) is 0 Å². The fourth-order valence-corrected chi connectivity index (χ4v) is 2.56. The van der Waals surface area contributed by atoms with Gasteiger partial charge in [0, 0.05) is 28.9 Å². The Morgan fingerprint density at radius 1 is 1.26 bits per heavy atom. The van der Waals surface area contributed by atoms with Crippen LogP contribution in [0.3, 0.4) is 0 Å². The van der Waals surface area contributed by atoms with Crippen molar-refractivity contribution in [2.24, 2.45) is 0 Å². The number of hydrogen-bond donors (Lipinski definition) is 1. The van der Waals surface area contributed by atoms with Gasteiger partial charge >= 0.3 is 0 Å². The molecule has 2 aromatic heterocycles. The van der Waals surface area contributed by atoms with E-state index in [0.717, 1.165) is 23.3 Å². The number of aromatic nitrogens is 2. The topological polar surface area (TPSA) is 37.8 Å². The lowest BCUT2D eigenvalue weighted by molar-refractivity contribution is 0.629. The van der Waals surface area contributed by atoms with Gasteiger partial charge in [-0.2, -0.15) is 11.3 Å². The highest BCUT2D eigenvalue weighted by molar-refractivity contribution is 7.08. The van der Waals surface area contributed by atoms with Gasteiger partial charge in [-0.25, -0.2) is 14.4 Å². The molecule has 1 N–H and O–H groups in total. The van der Waals surface area contributed by atoms with E-state index < -0.39 is 0 Å². The van der Waals surface area contributed by atoms with Crippen LogP contribution in [0.5, 0.6) is 0 Å². The molecule has 0 bridgehead atoms. The van der Waals surface area contributed by atoms with E-state index in [9.17, 15) is 4.39 Å². The second kappa shape index (κ2) is 4.93. The number of fused-ring (bicyclic) bond motifs is 1. The van der Waals surface area contributed by atoms with Crippen LogP contribution in [0.15, 0.2) is 35.0 Å². The van der Waals surface area contributed by atoms with Crippen LogP contribution in [0.25, 0.3) is 22.3 Å². The summed E-state index contributed by atoms with van der Waals surface area (Å²) in [6, 6.07) is 6.53. The predicted molar refractivity (Wildman–Crippen MR) is 77.0 cm³/mol. The van der Waals surface area contributed by atoms with Crippen molar-refractivity contribution in [2.45, 2.75) is 6.92 Å². The Balaban J connectivity index is 2.25.